The standard InChI is InChI=1S/C16H25N3OS/c1-13(2)19-8-6-18(7-9-19)10-11-20-15-5-3-4-14(12-15)16(17)21/h3-5,12-13H,6-11H2,1-2H3,(H2,17,21). The van der Waals surface area contributed by atoms with Crippen LogP contribution in [0.2, 0.25) is 0 Å². The molecular weight excluding hydrogens is 282 g/mol. The first kappa shape index (κ1) is 16.2. The van der Waals surface area contributed by atoms with Crippen LogP contribution in [0.25, 0.3) is 0 Å². The minimum absolute atomic E-state index is 0.408. The van der Waals surface area contributed by atoms with Crippen LogP contribution in [-0.4, -0.2) is 60.2 Å². The molecule has 4 nitrogen and oxygen atoms in total. The first-order valence-corrected chi connectivity index (χ1v) is 7.96. The zero-order chi connectivity index (χ0) is 15.2. The molecule has 1 saturated heterocycles. The normalized spacial score (nSPS) is 17.1. The van der Waals surface area contributed by atoms with Gasteiger partial charge in [-0.05, 0) is 26.0 Å². The molecule has 0 atom stereocenters. The van der Waals surface area contributed by atoms with Crippen LogP contribution in [0.4, 0.5) is 0 Å². The highest BCUT2D eigenvalue weighted by Gasteiger charge is 2.18. The van der Waals surface area contributed by atoms with E-state index in [-0.39, 0.29) is 0 Å². The summed E-state index contributed by atoms with van der Waals surface area (Å²) in [6.07, 6.45) is 0. The van der Waals surface area contributed by atoms with Crippen molar-refractivity contribution < 1.29 is 4.74 Å². The van der Waals surface area contributed by atoms with Crippen LogP contribution < -0.4 is 10.5 Å². The van der Waals surface area contributed by atoms with E-state index in [0.717, 1.165) is 44.0 Å². The third-order valence-corrected chi connectivity index (χ3v) is 4.17. The Balaban J connectivity index is 1.73. The molecule has 116 valence electrons. The van der Waals surface area contributed by atoms with E-state index < -0.39 is 0 Å². The first-order valence-electron chi connectivity index (χ1n) is 7.55. The van der Waals surface area contributed by atoms with Crippen molar-refractivity contribution in [3.63, 3.8) is 0 Å². The second-order valence-corrected chi connectivity index (χ2v) is 6.15. The fourth-order valence-corrected chi connectivity index (χ4v) is 2.66. The number of piperazine rings is 1. The summed E-state index contributed by atoms with van der Waals surface area (Å²) in [6.45, 7) is 10.7. The van der Waals surface area contributed by atoms with Gasteiger partial charge in [0.2, 0.25) is 0 Å². The lowest BCUT2D eigenvalue weighted by molar-refractivity contribution is 0.0971. The molecule has 0 aromatic heterocycles. The molecule has 2 rings (SSSR count). The van der Waals surface area contributed by atoms with Crippen molar-refractivity contribution in [2.45, 2.75) is 19.9 Å². The molecule has 1 fully saturated rings. The van der Waals surface area contributed by atoms with Gasteiger partial charge in [0.1, 0.15) is 17.3 Å². The van der Waals surface area contributed by atoms with E-state index in [2.05, 4.69) is 23.6 Å². The highest BCUT2D eigenvalue weighted by Crippen LogP contribution is 2.13. The van der Waals surface area contributed by atoms with Crippen LogP contribution >= 0.6 is 12.2 Å². The summed E-state index contributed by atoms with van der Waals surface area (Å²) in [6, 6.07) is 8.31. The summed E-state index contributed by atoms with van der Waals surface area (Å²) in [5.74, 6) is 0.834. The minimum atomic E-state index is 0.408. The third-order valence-electron chi connectivity index (χ3n) is 3.93. The number of nitrogens with two attached hydrogens (primary N) is 1. The maximum Gasteiger partial charge on any atom is 0.120 e. The summed E-state index contributed by atoms with van der Waals surface area (Å²) in [5, 5.41) is 0. The molecule has 1 aromatic carbocycles. The molecule has 0 unspecified atom stereocenters. The van der Waals surface area contributed by atoms with Crippen LogP contribution in [0.5, 0.6) is 5.75 Å². The molecule has 1 aliphatic heterocycles. The zero-order valence-corrected chi connectivity index (χ0v) is 13.7. The SMILES string of the molecule is CC(C)N1CCN(CCOc2cccc(C(N)=S)c2)CC1. The summed E-state index contributed by atoms with van der Waals surface area (Å²) in [5.41, 5.74) is 6.48. The van der Waals surface area contributed by atoms with Crippen molar-refractivity contribution in [2.24, 2.45) is 5.73 Å². The highest BCUT2D eigenvalue weighted by molar-refractivity contribution is 7.80. The van der Waals surface area contributed by atoms with Gasteiger partial charge in [-0.25, -0.2) is 0 Å². The number of hydrogen-bond acceptors (Lipinski definition) is 4. The molecule has 1 heterocycles. The molecule has 1 aromatic rings. The van der Waals surface area contributed by atoms with E-state index in [1.165, 1.54) is 0 Å². The molecule has 0 bridgehead atoms. The van der Waals surface area contributed by atoms with Gasteiger partial charge >= 0.3 is 0 Å². The third kappa shape index (κ3) is 4.95. The van der Waals surface area contributed by atoms with E-state index in [4.69, 9.17) is 22.7 Å². The average Bonchev–Trinajstić information content (AvgIpc) is 2.48. The van der Waals surface area contributed by atoms with Gasteiger partial charge in [0, 0.05) is 44.3 Å². The Morgan fingerprint density at radius 1 is 1.29 bits per heavy atom. The molecule has 5 heteroatoms. The Kier molecular flexibility index (Phi) is 5.96. The van der Waals surface area contributed by atoms with Crippen molar-refractivity contribution >= 4 is 17.2 Å². The fraction of sp³-hybridized carbons (Fsp3) is 0.562. The van der Waals surface area contributed by atoms with Gasteiger partial charge in [-0.3, -0.25) is 9.80 Å². The lowest BCUT2D eigenvalue weighted by Crippen LogP contribution is -2.49. The summed E-state index contributed by atoms with van der Waals surface area (Å²) < 4.78 is 5.80. The van der Waals surface area contributed by atoms with Crippen LogP contribution in [0, 0.1) is 0 Å². The second-order valence-electron chi connectivity index (χ2n) is 5.71. The molecule has 2 N–H and O–H groups in total. The molecule has 0 radical (unpaired) electrons. The fourth-order valence-electron chi connectivity index (χ4n) is 2.54. The predicted molar refractivity (Wildman–Crippen MR) is 91.0 cm³/mol. The Morgan fingerprint density at radius 3 is 2.62 bits per heavy atom. The molecule has 0 spiro atoms. The summed E-state index contributed by atoms with van der Waals surface area (Å²) in [4.78, 5) is 5.38. The quantitative estimate of drug-likeness (QED) is 0.811. The van der Waals surface area contributed by atoms with Gasteiger partial charge in [-0.1, -0.05) is 24.4 Å². The minimum Gasteiger partial charge on any atom is -0.492 e. The van der Waals surface area contributed by atoms with Crippen molar-refractivity contribution in [3.8, 4) is 5.75 Å². The average molecular weight is 307 g/mol. The molecule has 21 heavy (non-hydrogen) atoms. The van der Waals surface area contributed by atoms with Crippen LogP contribution in [0.1, 0.15) is 19.4 Å². The molecular formula is C16H25N3OS. The maximum absolute atomic E-state index is 5.80. The Bertz CT molecular complexity index is 470. The van der Waals surface area contributed by atoms with Crippen LogP contribution in [0.3, 0.4) is 0 Å². The van der Waals surface area contributed by atoms with Gasteiger partial charge in [0.05, 0.1) is 0 Å². The molecule has 0 saturated carbocycles. The van der Waals surface area contributed by atoms with E-state index >= 15 is 0 Å². The topological polar surface area (TPSA) is 41.7 Å². The van der Waals surface area contributed by atoms with Crippen molar-refractivity contribution in [3.05, 3.63) is 29.8 Å². The lowest BCUT2D eigenvalue weighted by Gasteiger charge is -2.36. The van der Waals surface area contributed by atoms with Crippen molar-refractivity contribution in [1.29, 1.82) is 0 Å². The summed E-state index contributed by atoms with van der Waals surface area (Å²) >= 11 is 4.98. The van der Waals surface area contributed by atoms with Crippen LogP contribution in [-0.2, 0) is 0 Å². The summed E-state index contributed by atoms with van der Waals surface area (Å²) in [7, 11) is 0. The number of nitrogens with zero attached hydrogens (tertiary/aromatic N) is 2. The number of benzene rings is 1. The smallest absolute Gasteiger partial charge is 0.120 e. The van der Waals surface area contributed by atoms with Gasteiger partial charge in [0.15, 0.2) is 0 Å². The molecule has 1 aliphatic rings. The van der Waals surface area contributed by atoms with E-state index in [1.807, 2.05) is 24.3 Å². The van der Waals surface area contributed by atoms with Crippen LogP contribution in [0.15, 0.2) is 24.3 Å². The van der Waals surface area contributed by atoms with Gasteiger partial charge in [-0.15, -0.1) is 0 Å². The van der Waals surface area contributed by atoms with E-state index in [0.29, 0.717) is 17.6 Å². The van der Waals surface area contributed by atoms with Gasteiger partial charge in [0.25, 0.3) is 0 Å². The van der Waals surface area contributed by atoms with Gasteiger partial charge in [-0.2, -0.15) is 0 Å². The number of thiocarbonyl (C=S) groups is 1. The first-order chi connectivity index (χ1) is 10.1. The largest absolute Gasteiger partial charge is 0.492 e. The molecule has 0 amide bonds. The predicted octanol–water partition coefficient (Wildman–Crippen LogP) is 1.73. The number of hydrogen-bond donors (Lipinski definition) is 1. The Labute approximate surface area is 132 Å². The second kappa shape index (κ2) is 7.73. The van der Waals surface area contributed by atoms with E-state index in [9.17, 15) is 0 Å². The molecule has 0 aliphatic carbocycles. The van der Waals surface area contributed by atoms with Crippen molar-refractivity contribution in [1.82, 2.24) is 9.80 Å². The van der Waals surface area contributed by atoms with E-state index in [1.54, 1.807) is 0 Å². The lowest BCUT2D eigenvalue weighted by atomic mass is 10.2. The van der Waals surface area contributed by atoms with Gasteiger partial charge < -0.3 is 10.5 Å². The number of rotatable bonds is 6. The zero-order valence-electron chi connectivity index (χ0n) is 12.9. The van der Waals surface area contributed by atoms with Crippen molar-refractivity contribution in [2.75, 3.05) is 39.3 Å². The highest BCUT2D eigenvalue weighted by atomic mass is 32.1. The maximum atomic E-state index is 5.80. The Hall–Kier alpha value is -1.17. The number of ether oxygens (including phenoxy) is 1. The Morgan fingerprint density at radius 2 is 2.00 bits per heavy atom. The monoisotopic (exact) mass is 307 g/mol.